The highest BCUT2D eigenvalue weighted by Crippen LogP contribution is 2.29. The topological polar surface area (TPSA) is 55.6 Å². The zero-order chi connectivity index (χ0) is 16.4. The van der Waals surface area contributed by atoms with Gasteiger partial charge in [0.25, 0.3) is 0 Å². The highest BCUT2D eigenvalue weighted by atomic mass is 16.5. The lowest BCUT2D eigenvalue weighted by atomic mass is 10.00. The van der Waals surface area contributed by atoms with Crippen LogP contribution in [-0.2, 0) is 0 Å². The van der Waals surface area contributed by atoms with E-state index in [0.717, 1.165) is 30.1 Å². The number of anilines is 2. The van der Waals surface area contributed by atoms with Crippen LogP contribution in [0.1, 0.15) is 34.3 Å². The van der Waals surface area contributed by atoms with Crippen molar-refractivity contribution < 1.29 is 9.53 Å². The average Bonchev–Trinajstić information content (AvgIpc) is 3.08. The molecule has 1 fully saturated rings. The first kappa shape index (κ1) is 15.4. The van der Waals surface area contributed by atoms with Crippen molar-refractivity contribution in [3.63, 3.8) is 0 Å². The summed E-state index contributed by atoms with van der Waals surface area (Å²) in [5.41, 5.74) is 10.1. The van der Waals surface area contributed by atoms with Gasteiger partial charge in [-0.3, -0.25) is 4.79 Å². The Kier molecular flexibility index (Phi) is 4.24. The number of rotatable bonds is 4. The van der Waals surface area contributed by atoms with E-state index in [-0.39, 0.29) is 5.78 Å². The number of nitrogen functional groups attached to an aromatic ring is 1. The standard InChI is InChI=1S/C19H22N2O2/c1-13-11-14(6-8-18(13)23-2)19(22)15-5-7-17(16(20)12-15)21-9-3-4-10-21/h5-8,11-12H,3-4,9-10,20H2,1-2H3. The van der Waals surface area contributed by atoms with Gasteiger partial charge in [-0.1, -0.05) is 0 Å². The van der Waals surface area contributed by atoms with E-state index >= 15 is 0 Å². The van der Waals surface area contributed by atoms with E-state index in [9.17, 15) is 4.79 Å². The molecule has 1 heterocycles. The summed E-state index contributed by atoms with van der Waals surface area (Å²) in [6.07, 6.45) is 2.40. The molecule has 23 heavy (non-hydrogen) atoms. The third-order valence-electron chi connectivity index (χ3n) is 4.39. The van der Waals surface area contributed by atoms with Crippen LogP contribution in [0.15, 0.2) is 36.4 Å². The molecule has 2 aromatic carbocycles. The number of hydrogen-bond acceptors (Lipinski definition) is 4. The highest BCUT2D eigenvalue weighted by Gasteiger charge is 2.17. The van der Waals surface area contributed by atoms with Gasteiger partial charge in [0.1, 0.15) is 5.75 Å². The minimum Gasteiger partial charge on any atom is -0.496 e. The zero-order valence-corrected chi connectivity index (χ0v) is 13.6. The third kappa shape index (κ3) is 3.02. The minimum atomic E-state index is -0.0181. The quantitative estimate of drug-likeness (QED) is 0.694. The van der Waals surface area contributed by atoms with E-state index in [2.05, 4.69) is 4.90 Å². The maximum absolute atomic E-state index is 12.7. The minimum absolute atomic E-state index is 0.0181. The Hall–Kier alpha value is -2.49. The summed E-state index contributed by atoms with van der Waals surface area (Å²) >= 11 is 0. The van der Waals surface area contributed by atoms with Gasteiger partial charge in [0.2, 0.25) is 0 Å². The highest BCUT2D eigenvalue weighted by molar-refractivity contribution is 6.10. The number of nitrogens with zero attached hydrogens (tertiary/aromatic N) is 1. The Morgan fingerprint density at radius 1 is 1.09 bits per heavy atom. The molecule has 0 unspecified atom stereocenters. The number of carbonyl (C=O) groups excluding carboxylic acids is 1. The Balaban J connectivity index is 1.87. The second kappa shape index (κ2) is 6.32. The van der Waals surface area contributed by atoms with Gasteiger partial charge in [-0.05, 0) is 61.7 Å². The van der Waals surface area contributed by atoms with Gasteiger partial charge >= 0.3 is 0 Å². The van der Waals surface area contributed by atoms with Gasteiger partial charge < -0.3 is 15.4 Å². The van der Waals surface area contributed by atoms with Gasteiger partial charge in [0.05, 0.1) is 18.5 Å². The normalized spacial score (nSPS) is 14.1. The predicted molar refractivity (Wildman–Crippen MR) is 93.5 cm³/mol. The second-order valence-corrected chi connectivity index (χ2v) is 5.98. The van der Waals surface area contributed by atoms with E-state index in [4.69, 9.17) is 10.5 Å². The van der Waals surface area contributed by atoms with Crippen molar-refractivity contribution in [1.82, 2.24) is 0 Å². The molecule has 0 saturated carbocycles. The number of hydrogen-bond donors (Lipinski definition) is 1. The number of nitrogens with two attached hydrogens (primary N) is 1. The largest absolute Gasteiger partial charge is 0.496 e. The van der Waals surface area contributed by atoms with Crippen molar-refractivity contribution in [3.05, 3.63) is 53.1 Å². The summed E-state index contributed by atoms with van der Waals surface area (Å²) in [5, 5.41) is 0. The molecule has 1 aliphatic rings. The maximum atomic E-state index is 12.7. The summed E-state index contributed by atoms with van der Waals surface area (Å²) < 4.78 is 5.24. The molecule has 2 aromatic rings. The fourth-order valence-electron chi connectivity index (χ4n) is 3.13. The van der Waals surface area contributed by atoms with Crippen LogP contribution in [0.25, 0.3) is 0 Å². The van der Waals surface area contributed by atoms with Crippen LogP contribution in [0, 0.1) is 6.92 Å². The number of carbonyl (C=O) groups is 1. The van der Waals surface area contributed by atoms with Crippen molar-refractivity contribution in [1.29, 1.82) is 0 Å². The van der Waals surface area contributed by atoms with E-state index in [1.807, 2.05) is 31.2 Å². The van der Waals surface area contributed by atoms with E-state index in [1.165, 1.54) is 12.8 Å². The molecule has 0 radical (unpaired) electrons. The van der Waals surface area contributed by atoms with Crippen molar-refractivity contribution in [2.75, 3.05) is 30.8 Å². The molecule has 4 heteroatoms. The van der Waals surface area contributed by atoms with Crippen LogP contribution in [0.4, 0.5) is 11.4 Å². The van der Waals surface area contributed by atoms with Gasteiger partial charge in [-0.15, -0.1) is 0 Å². The molecule has 0 aliphatic carbocycles. The molecular weight excluding hydrogens is 288 g/mol. The van der Waals surface area contributed by atoms with Crippen molar-refractivity contribution in [3.8, 4) is 5.75 Å². The van der Waals surface area contributed by atoms with Crippen LogP contribution in [0.2, 0.25) is 0 Å². The first-order chi connectivity index (χ1) is 11.1. The molecule has 120 valence electrons. The number of ketones is 1. The van der Waals surface area contributed by atoms with Crippen molar-refractivity contribution in [2.45, 2.75) is 19.8 Å². The van der Waals surface area contributed by atoms with Gasteiger partial charge in [0, 0.05) is 24.2 Å². The van der Waals surface area contributed by atoms with Gasteiger partial charge in [-0.25, -0.2) is 0 Å². The number of methoxy groups -OCH3 is 1. The molecule has 0 bridgehead atoms. The molecule has 3 rings (SSSR count). The monoisotopic (exact) mass is 310 g/mol. The number of benzene rings is 2. The lowest BCUT2D eigenvalue weighted by Gasteiger charge is -2.20. The molecule has 1 aliphatic heterocycles. The molecule has 1 saturated heterocycles. The second-order valence-electron chi connectivity index (χ2n) is 5.98. The fraction of sp³-hybridized carbons (Fsp3) is 0.316. The van der Waals surface area contributed by atoms with Crippen molar-refractivity contribution >= 4 is 17.2 Å². The van der Waals surface area contributed by atoms with E-state index in [1.54, 1.807) is 19.2 Å². The Morgan fingerprint density at radius 3 is 2.35 bits per heavy atom. The van der Waals surface area contributed by atoms with Crippen LogP contribution in [0.5, 0.6) is 5.75 Å². The Morgan fingerprint density at radius 2 is 1.74 bits per heavy atom. The predicted octanol–water partition coefficient (Wildman–Crippen LogP) is 3.42. The first-order valence-corrected chi connectivity index (χ1v) is 7.94. The third-order valence-corrected chi connectivity index (χ3v) is 4.39. The first-order valence-electron chi connectivity index (χ1n) is 7.94. The van der Waals surface area contributed by atoms with Crippen LogP contribution in [0.3, 0.4) is 0 Å². The van der Waals surface area contributed by atoms with Crippen LogP contribution in [-0.4, -0.2) is 26.0 Å². The lowest BCUT2D eigenvalue weighted by Crippen LogP contribution is -2.19. The molecule has 0 aromatic heterocycles. The van der Waals surface area contributed by atoms with Gasteiger partial charge in [0.15, 0.2) is 5.78 Å². The molecule has 0 amide bonds. The summed E-state index contributed by atoms with van der Waals surface area (Å²) in [5.74, 6) is 0.765. The summed E-state index contributed by atoms with van der Waals surface area (Å²) in [7, 11) is 1.63. The van der Waals surface area contributed by atoms with E-state index < -0.39 is 0 Å². The molecular formula is C19H22N2O2. The number of ether oxygens (including phenoxy) is 1. The van der Waals surface area contributed by atoms with E-state index in [0.29, 0.717) is 16.8 Å². The smallest absolute Gasteiger partial charge is 0.193 e. The fourth-order valence-corrected chi connectivity index (χ4v) is 3.13. The average molecular weight is 310 g/mol. The molecule has 0 atom stereocenters. The number of aryl methyl sites for hydroxylation is 1. The molecule has 0 spiro atoms. The molecule has 2 N–H and O–H groups in total. The summed E-state index contributed by atoms with van der Waals surface area (Å²) in [4.78, 5) is 15.0. The molecule has 4 nitrogen and oxygen atoms in total. The SMILES string of the molecule is COc1ccc(C(=O)c2ccc(N3CCCC3)c(N)c2)cc1C. The summed E-state index contributed by atoms with van der Waals surface area (Å²) in [6.45, 7) is 4.00. The summed E-state index contributed by atoms with van der Waals surface area (Å²) in [6, 6.07) is 11.1. The maximum Gasteiger partial charge on any atom is 0.193 e. The van der Waals surface area contributed by atoms with Crippen LogP contribution < -0.4 is 15.4 Å². The Labute approximate surface area is 136 Å². The lowest BCUT2D eigenvalue weighted by molar-refractivity contribution is 0.103. The van der Waals surface area contributed by atoms with Crippen molar-refractivity contribution in [2.24, 2.45) is 0 Å². The zero-order valence-electron chi connectivity index (χ0n) is 13.6. The Bertz CT molecular complexity index is 734. The van der Waals surface area contributed by atoms with Crippen LogP contribution >= 0.6 is 0 Å². The van der Waals surface area contributed by atoms with Gasteiger partial charge in [-0.2, -0.15) is 0 Å².